The van der Waals surface area contributed by atoms with Crippen molar-refractivity contribution in [3.05, 3.63) is 52.3 Å². The zero-order chi connectivity index (χ0) is 17.5. The Balaban J connectivity index is 1.85. The second-order valence-electron chi connectivity index (χ2n) is 5.16. The molecule has 1 aromatic carbocycles. The maximum atomic E-state index is 12.2. The van der Waals surface area contributed by atoms with Gasteiger partial charge in [-0.3, -0.25) is 19.6 Å². The Kier molecular flexibility index (Phi) is 5.85. The van der Waals surface area contributed by atoms with Gasteiger partial charge in [-0.15, -0.1) is 0 Å². The van der Waals surface area contributed by atoms with E-state index in [2.05, 4.69) is 21.0 Å². The molecule has 128 valence electrons. The fraction of sp³-hybridized carbons (Fsp3) is 0.333. The minimum absolute atomic E-state index is 0.00675. The molecule has 3 N–H and O–H groups in total. The lowest BCUT2D eigenvalue weighted by Gasteiger charge is -2.15. The highest BCUT2D eigenvalue weighted by Gasteiger charge is 2.19. The van der Waals surface area contributed by atoms with E-state index in [9.17, 15) is 14.9 Å². The number of para-hydroxylation sites is 2. The summed E-state index contributed by atoms with van der Waals surface area (Å²) in [7, 11) is 3.48. The van der Waals surface area contributed by atoms with E-state index in [1.54, 1.807) is 49.4 Å². The molecule has 1 amide bonds. The molecule has 0 bridgehead atoms. The quantitative estimate of drug-likeness (QED) is 0.374. The number of aryl methyl sites for hydroxylation is 1. The Morgan fingerprint density at radius 3 is 2.75 bits per heavy atom. The van der Waals surface area contributed by atoms with Gasteiger partial charge in [-0.05, 0) is 13.1 Å². The number of benzene rings is 1. The summed E-state index contributed by atoms with van der Waals surface area (Å²) in [4.78, 5) is 22.7. The lowest BCUT2D eigenvalue weighted by molar-refractivity contribution is -0.384. The number of likely N-dealkylation sites (N-methyl/N-ethyl adjacent to an activating group) is 1. The standard InChI is InChI=1S/C15H20N6O3/c1-16-14(11-9-19-20(2)10-11)15(22)18-8-7-17-12-5-3-4-6-13(12)21(23)24/h3-6,9-10,14,16-17H,7-8H2,1-2H3,(H,18,22). The molecule has 0 spiro atoms. The van der Waals surface area contributed by atoms with Crippen LogP contribution in [0.5, 0.6) is 0 Å². The van der Waals surface area contributed by atoms with Crippen LogP contribution in [-0.4, -0.2) is 40.7 Å². The minimum Gasteiger partial charge on any atom is -0.378 e. The molecule has 0 radical (unpaired) electrons. The van der Waals surface area contributed by atoms with Gasteiger partial charge < -0.3 is 16.0 Å². The number of amides is 1. The zero-order valence-corrected chi connectivity index (χ0v) is 13.5. The molecule has 1 unspecified atom stereocenters. The highest BCUT2D eigenvalue weighted by molar-refractivity contribution is 5.83. The van der Waals surface area contributed by atoms with E-state index in [4.69, 9.17) is 0 Å². The molecular weight excluding hydrogens is 312 g/mol. The van der Waals surface area contributed by atoms with Crippen molar-refractivity contribution >= 4 is 17.3 Å². The summed E-state index contributed by atoms with van der Waals surface area (Å²) in [6.45, 7) is 0.712. The van der Waals surface area contributed by atoms with Crippen molar-refractivity contribution < 1.29 is 9.72 Å². The molecule has 0 aliphatic heterocycles. The molecule has 2 aromatic rings. The van der Waals surface area contributed by atoms with Crippen molar-refractivity contribution in [3.63, 3.8) is 0 Å². The van der Waals surface area contributed by atoms with Gasteiger partial charge in [0.05, 0.1) is 11.1 Å². The molecule has 1 atom stereocenters. The lowest BCUT2D eigenvalue weighted by atomic mass is 10.1. The monoisotopic (exact) mass is 332 g/mol. The molecular formula is C15H20N6O3. The van der Waals surface area contributed by atoms with Crippen LogP contribution in [-0.2, 0) is 11.8 Å². The zero-order valence-electron chi connectivity index (χ0n) is 13.5. The van der Waals surface area contributed by atoms with E-state index < -0.39 is 11.0 Å². The predicted octanol–water partition coefficient (Wildman–Crippen LogP) is 0.817. The van der Waals surface area contributed by atoms with Crippen molar-refractivity contribution in [1.29, 1.82) is 0 Å². The van der Waals surface area contributed by atoms with E-state index in [1.807, 2.05) is 0 Å². The molecule has 24 heavy (non-hydrogen) atoms. The van der Waals surface area contributed by atoms with Crippen molar-refractivity contribution in [3.8, 4) is 0 Å². The Labute approximate surface area is 139 Å². The Hall–Kier alpha value is -2.94. The van der Waals surface area contributed by atoms with E-state index >= 15 is 0 Å². The van der Waals surface area contributed by atoms with Crippen LogP contribution in [0.3, 0.4) is 0 Å². The molecule has 0 aliphatic rings. The highest BCUT2D eigenvalue weighted by atomic mass is 16.6. The fourth-order valence-corrected chi connectivity index (χ4v) is 2.31. The van der Waals surface area contributed by atoms with E-state index in [1.165, 1.54) is 6.07 Å². The summed E-state index contributed by atoms with van der Waals surface area (Å²) < 4.78 is 1.63. The summed E-state index contributed by atoms with van der Waals surface area (Å²) >= 11 is 0. The SMILES string of the molecule is CNC(C(=O)NCCNc1ccccc1[N+](=O)[O-])c1cnn(C)c1. The third kappa shape index (κ3) is 4.29. The van der Waals surface area contributed by atoms with Crippen molar-refractivity contribution in [2.24, 2.45) is 7.05 Å². The largest absolute Gasteiger partial charge is 0.378 e. The van der Waals surface area contributed by atoms with Gasteiger partial charge in [0.15, 0.2) is 0 Å². The number of hydrogen-bond donors (Lipinski definition) is 3. The van der Waals surface area contributed by atoms with Crippen LogP contribution in [0.2, 0.25) is 0 Å². The van der Waals surface area contributed by atoms with Gasteiger partial charge in [-0.25, -0.2) is 0 Å². The average Bonchev–Trinajstić information content (AvgIpc) is 2.98. The second kappa shape index (κ2) is 8.06. The Morgan fingerprint density at radius 2 is 2.12 bits per heavy atom. The normalized spacial score (nSPS) is 11.8. The summed E-state index contributed by atoms with van der Waals surface area (Å²) in [6.07, 6.45) is 3.40. The highest BCUT2D eigenvalue weighted by Crippen LogP contribution is 2.22. The number of nitrogens with zero attached hydrogens (tertiary/aromatic N) is 3. The van der Waals surface area contributed by atoms with Gasteiger partial charge >= 0.3 is 0 Å². The molecule has 0 fully saturated rings. The third-order valence-corrected chi connectivity index (χ3v) is 3.45. The molecule has 0 saturated carbocycles. The van der Waals surface area contributed by atoms with Gasteiger partial charge in [-0.1, -0.05) is 12.1 Å². The van der Waals surface area contributed by atoms with Gasteiger partial charge in [0.1, 0.15) is 11.7 Å². The number of rotatable bonds is 8. The number of carbonyl (C=O) groups is 1. The maximum absolute atomic E-state index is 12.2. The summed E-state index contributed by atoms with van der Waals surface area (Å²) in [5.74, 6) is -0.185. The smallest absolute Gasteiger partial charge is 0.292 e. The van der Waals surface area contributed by atoms with Crippen molar-refractivity contribution in [2.75, 3.05) is 25.5 Å². The second-order valence-corrected chi connectivity index (χ2v) is 5.16. The predicted molar refractivity (Wildman–Crippen MR) is 89.6 cm³/mol. The molecule has 1 heterocycles. The Morgan fingerprint density at radius 1 is 1.38 bits per heavy atom. The lowest BCUT2D eigenvalue weighted by Crippen LogP contribution is -2.38. The van der Waals surface area contributed by atoms with Gasteiger partial charge in [0.25, 0.3) is 5.69 Å². The fourth-order valence-electron chi connectivity index (χ4n) is 2.31. The molecule has 0 aliphatic carbocycles. The summed E-state index contributed by atoms with van der Waals surface area (Å²) in [5.41, 5.74) is 1.20. The summed E-state index contributed by atoms with van der Waals surface area (Å²) in [5, 5.41) is 23.7. The number of hydrogen-bond acceptors (Lipinski definition) is 6. The van der Waals surface area contributed by atoms with Crippen molar-refractivity contribution in [1.82, 2.24) is 20.4 Å². The Bertz CT molecular complexity index is 715. The van der Waals surface area contributed by atoms with Crippen LogP contribution in [0, 0.1) is 10.1 Å². The van der Waals surface area contributed by atoms with Gasteiger partial charge in [-0.2, -0.15) is 5.10 Å². The van der Waals surface area contributed by atoms with Crippen molar-refractivity contribution in [2.45, 2.75) is 6.04 Å². The first kappa shape index (κ1) is 17.4. The van der Waals surface area contributed by atoms with Crippen LogP contribution in [0.1, 0.15) is 11.6 Å². The van der Waals surface area contributed by atoms with Gasteiger partial charge in [0, 0.05) is 38.0 Å². The van der Waals surface area contributed by atoms with E-state index in [0.717, 1.165) is 5.56 Å². The van der Waals surface area contributed by atoms with E-state index in [-0.39, 0.29) is 11.6 Å². The first-order valence-electron chi connectivity index (χ1n) is 7.43. The first-order valence-corrected chi connectivity index (χ1v) is 7.43. The molecule has 1 aromatic heterocycles. The molecule has 2 rings (SSSR count). The summed E-state index contributed by atoms with van der Waals surface area (Å²) in [6, 6.07) is 5.89. The third-order valence-electron chi connectivity index (χ3n) is 3.45. The molecule has 9 heteroatoms. The number of aromatic nitrogens is 2. The van der Waals surface area contributed by atoms with Crippen LogP contribution < -0.4 is 16.0 Å². The molecule has 0 saturated heterocycles. The van der Waals surface area contributed by atoms with Crippen LogP contribution in [0.25, 0.3) is 0 Å². The number of nitrogens with one attached hydrogen (secondary N) is 3. The first-order chi connectivity index (χ1) is 11.5. The van der Waals surface area contributed by atoms with E-state index in [0.29, 0.717) is 18.8 Å². The number of anilines is 1. The van der Waals surface area contributed by atoms with Gasteiger partial charge in [0.2, 0.25) is 5.91 Å². The van der Waals surface area contributed by atoms with Crippen LogP contribution in [0.15, 0.2) is 36.7 Å². The number of nitro benzene ring substituents is 1. The van der Waals surface area contributed by atoms with Crippen LogP contribution >= 0.6 is 0 Å². The average molecular weight is 332 g/mol. The number of carbonyl (C=O) groups excluding carboxylic acids is 1. The molecule has 9 nitrogen and oxygen atoms in total. The topological polar surface area (TPSA) is 114 Å². The number of nitro groups is 1. The minimum atomic E-state index is -0.496. The van der Waals surface area contributed by atoms with Crippen LogP contribution in [0.4, 0.5) is 11.4 Å². The maximum Gasteiger partial charge on any atom is 0.292 e.